The number of benzene rings is 2. The van der Waals surface area contributed by atoms with Crippen molar-refractivity contribution >= 4 is 11.6 Å². The van der Waals surface area contributed by atoms with Gasteiger partial charge >= 0.3 is 0 Å². The smallest absolute Gasteiger partial charge is 0.200 e. The van der Waals surface area contributed by atoms with Gasteiger partial charge in [0.15, 0.2) is 5.79 Å². The number of hydrogen-bond acceptors (Lipinski definition) is 5. The Balaban J connectivity index is 1.40. The molecular formula is C24H27ClO5. The number of aliphatic hydroxyl groups excluding tert-OH is 1. The average Bonchev–Trinajstić information content (AvgIpc) is 3.48. The van der Waals surface area contributed by atoms with E-state index in [1.54, 1.807) is 0 Å². The summed E-state index contributed by atoms with van der Waals surface area (Å²) in [5, 5.41) is 11.3. The maximum atomic E-state index is 10.6. The normalized spacial score (nSPS) is 30.4. The number of rotatable bonds is 7. The first-order valence-corrected chi connectivity index (χ1v) is 11.1. The van der Waals surface area contributed by atoms with Crippen LogP contribution in [0.5, 0.6) is 5.75 Å². The largest absolute Gasteiger partial charge is 0.494 e. The fraction of sp³-hybridized carbons (Fsp3) is 0.500. The van der Waals surface area contributed by atoms with Crippen molar-refractivity contribution in [1.29, 1.82) is 0 Å². The second-order valence-corrected chi connectivity index (χ2v) is 8.90. The second kappa shape index (κ2) is 7.81. The third kappa shape index (κ3) is 3.97. The molecule has 2 aromatic carbocycles. The summed E-state index contributed by atoms with van der Waals surface area (Å²) in [6.07, 6.45) is 3.27. The van der Waals surface area contributed by atoms with Crippen LogP contribution in [0, 0.1) is 0 Å². The van der Waals surface area contributed by atoms with Crippen LogP contribution in [0.15, 0.2) is 42.5 Å². The molecule has 160 valence electrons. The van der Waals surface area contributed by atoms with E-state index in [-0.39, 0.29) is 6.10 Å². The van der Waals surface area contributed by atoms with Crippen LogP contribution in [0.4, 0.5) is 0 Å². The summed E-state index contributed by atoms with van der Waals surface area (Å²) in [7, 11) is 0. The van der Waals surface area contributed by atoms with Gasteiger partial charge in [-0.2, -0.15) is 0 Å². The Kier molecular flexibility index (Phi) is 5.28. The molecule has 3 aliphatic rings. The molecule has 2 heterocycles. The van der Waals surface area contributed by atoms with Gasteiger partial charge in [0.2, 0.25) is 5.79 Å². The van der Waals surface area contributed by atoms with Gasteiger partial charge in [0.25, 0.3) is 0 Å². The van der Waals surface area contributed by atoms with Gasteiger partial charge in [-0.05, 0) is 61.6 Å². The maximum absolute atomic E-state index is 10.6. The molecule has 5 rings (SSSR count). The second-order valence-electron chi connectivity index (χ2n) is 8.49. The lowest BCUT2D eigenvalue weighted by Gasteiger charge is -2.40. The Morgan fingerprint density at radius 2 is 1.93 bits per heavy atom. The summed E-state index contributed by atoms with van der Waals surface area (Å²) in [6.45, 7) is 2.95. The van der Waals surface area contributed by atoms with E-state index in [1.165, 1.54) is 0 Å². The first-order valence-electron chi connectivity index (χ1n) is 10.7. The average molecular weight is 431 g/mol. The van der Waals surface area contributed by atoms with Crippen molar-refractivity contribution in [2.24, 2.45) is 0 Å². The third-order valence-electron chi connectivity index (χ3n) is 5.95. The van der Waals surface area contributed by atoms with Crippen LogP contribution in [0.2, 0.25) is 5.02 Å². The molecule has 5 nitrogen and oxygen atoms in total. The number of halogens is 1. The molecule has 30 heavy (non-hydrogen) atoms. The van der Waals surface area contributed by atoms with E-state index in [4.69, 9.17) is 30.5 Å². The van der Waals surface area contributed by atoms with Crippen LogP contribution >= 0.6 is 11.6 Å². The molecule has 3 atom stereocenters. The Bertz CT molecular complexity index is 908. The fourth-order valence-corrected chi connectivity index (χ4v) is 4.61. The van der Waals surface area contributed by atoms with E-state index in [9.17, 15) is 5.11 Å². The molecule has 3 fully saturated rings. The molecule has 0 radical (unpaired) electrons. The van der Waals surface area contributed by atoms with Gasteiger partial charge in [-0.15, -0.1) is 0 Å². The molecule has 2 aromatic rings. The van der Waals surface area contributed by atoms with Crippen molar-refractivity contribution < 1.29 is 24.1 Å². The predicted molar refractivity (Wildman–Crippen MR) is 113 cm³/mol. The molecule has 0 amide bonds. The fourth-order valence-electron chi connectivity index (χ4n) is 4.42. The number of aliphatic hydroxyl groups is 1. The van der Waals surface area contributed by atoms with Gasteiger partial charge < -0.3 is 24.1 Å². The van der Waals surface area contributed by atoms with E-state index < -0.39 is 17.7 Å². The lowest BCUT2D eigenvalue weighted by molar-refractivity contribution is -0.315. The van der Waals surface area contributed by atoms with Gasteiger partial charge in [0, 0.05) is 23.4 Å². The van der Waals surface area contributed by atoms with Crippen molar-refractivity contribution in [2.75, 3.05) is 13.2 Å². The van der Waals surface area contributed by atoms with Crippen molar-refractivity contribution in [3.8, 4) is 5.75 Å². The number of hydrogen-bond donors (Lipinski definition) is 1. The van der Waals surface area contributed by atoms with Crippen molar-refractivity contribution in [1.82, 2.24) is 0 Å². The topological polar surface area (TPSA) is 57.2 Å². The molecular weight excluding hydrogens is 404 g/mol. The zero-order chi connectivity index (χ0) is 20.8. The zero-order valence-corrected chi connectivity index (χ0v) is 17.9. The minimum absolute atomic E-state index is 0.218. The summed E-state index contributed by atoms with van der Waals surface area (Å²) >= 11 is 6.52. The van der Waals surface area contributed by atoms with E-state index in [2.05, 4.69) is 0 Å². The Morgan fingerprint density at radius 1 is 1.13 bits per heavy atom. The van der Waals surface area contributed by atoms with Gasteiger partial charge in [-0.3, -0.25) is 0 Å². The van der Waals surface area contributed by atoms with Crippen molar-refractivity contribution in [3.63, 3.8) is 0 Å². The molecule has 0 spiro atoms. The van der Waals surface area contributed by atoms with E-state index in [1.807, 2.05) is 49.4 Å². The van der Waals surface area contributed by atoms with Crippen LogP contribution in [0.3, 0.4) is 0 Å². The van der Waals surface area contributed by atoms with E-state index in [0.29, 0.717) is 37.5 Å². The van der Waals surface area contributed by atoms with Gasteiger partial charge in [0.05, 0.1) is 18.8 Å². The summed E-state index contributed by atoms with van der Waals surface area (Å²) in [5.41, 5.74) is 2.99. The molecule has 2 aliphatic heterocycles. The number of fused-ring (bicyclic) bond motifs is 2. The zero-order valence-electron chi connectivity index (χ0n) is 17.1. The van der Waals surface area contributed by atoms with E-state index >= 15 is 0 Å². The summed E-state index contributed by atoms with van der Waals surface area (Å²) in [6, 6.07) is 13.9. The molecule has 0 aromatic heterocycles. The monoisotopic (exact) mass is 430 g/mol. The lowest BCUT2D eigenvalue weighted by Crippen LogP contribution is -2.47. The van der Waals surface area contributed by atoms with Gasteiger partial charge in [-0.25, -0.2) is 0 Å². The van der Waals surface area contributed by atoms with Gasteiger partial charge in [-0.1, -0.05) is 29.8 Å². The highest BCUT2D eigenvalue weighted by molar-refractivity contribution is 6.31. The molecule has 1 aliphatic carbocycles. The number of ether oxygens (including phenoxy) is 4. The molecule has 6 heteroatoms. The molecule has 2 saturated heterocycles. The Morgan fingerprint density at radius 3 is 2.67 bits per heavy atom. The minimum atomic E-state index is -0.995. The first-order chi connectivity index (χ1) is 14.5. The van der Waals surface area contributed by atoms with Crippen LogP contribution in [0.1, 0.15) is 49.3 Å². The quantitative estimate of drug-likeness (QED) is 0.697. The summed E-state index contributed by atoms with van der Waals surface area (Å²) < 4.78 is 24.2. The molecule has 1 unspecified atom stereocenters. The van der Waals surface area contributed by atoms with Crippen LogP contribution in [0.25, 0.3) is 0 Å². The third-order valence-corrected chi connectivity index (χ3v) is 6.32. The molecule has 2 bridgehead atoms. The van der Waals surface area contributed by atoms with Crippen LogP contribution in [-0.2, 0) is 26.4 Å². The highest BCUT2D eigenvalue weighted by atomic mass is 35.5. The standard InChI is InChI=1S/C24H27ClO5/c1-2-27-20-6-3-16(4-7-20)11-17-12-18(5-10-22(17)25)24-14-19(26)13-23(30-24,15-28-24)29-21-8-9-21/h3-7,10,12,19,21,26H,2,8-9,11,13-15H2,1H3/t19?,23-,24-/m1/s1. The van der Waals surface area contributed by atoms with Crippen LogP contribution in [-0.4, -0.2) is 36.3 Å². The highest BCUT2D eigenvalue weighted by Gasteiger charge is 2.59. The lowest BCUT2D eigenvalue weighted by atomic mass is 9.91. The van der Waals surface area contributed by atoms with Crippen molar-refractivity contribution in [3.05, 3.63) is 64.2 Å². The molecule has 1 saturated carbocycles. The Labute approximate surface area is 181 Å². The van der Waals surface area contributed by atoms with E-state index in [0.717, 1.165) is 35.3 Å². The summed E-state index contributed by atoms with van der Waals surface area (Å²) in [4.78, 5) is 0. The van der Waals surface area contributed by atoms with Crippen molar-refractivity contribution in [2.45, 2.75) is 62.8 Å². The van der Waals surface area contributed by atoms with Crippen LogP contribution < -0.4 is 4.74 Å². The molecule has 1 N–H and O–H groups in total. The minimum Gasteiger partial charge on any atom is -0.494 e. The summed E-state index contributed by atoms with van der Waals surface area (Å²) in [5.74, 6) is -0.991. The Hall–Kier alpha value is -1.63. The highest BCUT2D eigenvalue weighted by Crippen LogP contribution is 2.51. The predicted octanol–water partition coefficient (Wildman–Crippen LogP) is 4.56. The SMILES string of the molecule is CCOc1ccc(Cc2cc([C@]34CC(O)C[C@](OC5CC5)(CO3)O4)ccc2Cl)cc1. The maximum Gasteiger partial charge on any atom is 0.200 e. The van der Waals surface area contributed by atoms with Gasteiger partial charge in [0.1, 0.15) is 12.4 Å². The first kappa shape index (κ1) is 20.3.